The first-order valence-corrected chi connectivity index (χ1v) is 12.5. The molecule has 0 radical (unpaired) electrons. The molecule has 1 unspecified atom stereocenters. The van der Waals surface area contributed by atoms with E-state index in [1.54, 1.807) is 18.2 Å². The van der Waals surface area contributed by atoms with Crippen molar-refractivity contribution in [3.8, 4) is 11.5 Å². The smallest absolute Gasteiger partial charge is 0.220 e. The Kier molecular flexibility index (Phi) is 15.6. The lowest BCUT2D eigenvalue weighted by atomic mass is 10.1. The molecule has 2 aliphatic rings. The first-order valence-electron chi connectivity index (χ1n) is 12.5. The van der Waals surface area contributed by atoms with Gasteiger partial charge in [0.2, 0.25) is 5.91 Å². The van der Waals surface area contributed by atoms with Gasteiger partial charge in [0, 0.05) is 13.0 Å². The van der Waals surface area contributed by atoms with E-state index in [-0.39, 0.29) is 12.5 Å². The van der Waals surface area contributed by atoms with Crippen LogP contribution in [0.15, 0.2) is 18.2 Å². The minimum atomic E-state index is -0.741. The third-order valence-electron chi connectivity index (χ3n) is 5.28. The number of nitrogens with one attached hydrogen (secondary N) is 1. The van der Waals surface area contributed by atoms with E-state index in [1.807, 2.05) is 0 Å². The highest BCUT2D eigenvalue weighted by molar-refractivity contribution is 5.75. The number of ether oxygens (including phenoxy) is 2. The van der Waals surface area contributed by atoms with Crippen LogP contribution in [0.4, 0.5) is 0 Å². The van der Waals surface area contributed by atoms with E-state index in [1.165, 1.54) is 51.6 Å². The molecule has 32 heavy (non-hydrogen) atoms. The Morgan fingerprint density at radius 1 is 1.03 bits per heavy atom. The third-order valence-corrected chi connectivity index (χ3v) is 5.28. The first kappa shape index (κ1) is 28.2. The number of rotatable bonds is 9. The number of benzene rings is 1. The van der Waals surface area contributed by atoms with Gasteiger partial charge in [-0.05, 0) is 57.1 Å². The highest BCUT2D eigenvalue weighted by atomic mass is 16.6. The summed E-state index contributed by atoms with van der Waals surface area (Å²) in [5.41, 5.74) is 0.720. The average molecular weight is 451 g/mol. The first-order chi connectivity index (χ1) is 15.5. The molecule has 1 amide bonds. The maximum atomic E-state index is 11.8. The van der Waals surface area contributed by atoms with Gasteiger partial charge in [0.25, 0.3) is 0 Å². The number of unbranched alkanes of at least 4 members (excludes halogenated alkanes) is 4. The fourth-order valence-corrected chi connectivity index (χ4v) is 3.45. The Hall–Kier alpha value is -1.79. The number of hydrogen-bond acceptors (Lipinski definition) is 5. The minimum absolute atomic E-state index is 0.00177. The quantitative estimate of drug-likeness (QED) is 0.513. The average Bonchev–Trinajstić information content (AvgIpc) is 3.29. The van der Waals surface area contributed by atoms with Gasteiger partial charge >= 0.3 is 0 Å². The second-order valence-corrected chi connectivity index (χ2v) is 8.60. The molecule has 0 spiro atoms. The van der Waals surface area contributed by atoms with E-state index in [0.717, 1.165) is 18.4 Å². The largest absolute Gasteiger partial charge is 0.486 e. The summed E-state index contributed by atoms with van der Waals surface area (Å²) in [6, 6.07) is 5.37. The van der Waals surface area contributed by atoms with Crippen molar-refractivity contribution < 1.29 is 19.4 Å². The van der Waals surface area contributed by atoms with E-state index in [2.05, 4.69) is 38.0 Å². The molecule has 1 fully saturated rings. The molecular formula is C26H46N2O4. The van der Waals surface area contributed by atoms with Crippen LogP contribution in [0.5, 0.6) is 11.5 Å². The zero-order valence-electron chi connectivity index (χ0n) is 20.8. The summed E-state index contributed by atoms with van der Waals surface area (Å²) < 4.78 is 11.0. The van der Waals surface area contributed by atoms with Gasteiger partial charge in [0.1, 0.15) is 13.2 Å². The van der Waals surface area contributed by atoms with Gasteiger partial charge in [0.15, 0.2) is 11.5 Å². The minimum Gasteiger partial charge on any atom is -0.486 e. The molecule has 2 heterocycles. The molecule has 184 valence electrons. The van der Waals surface area contributed by atoms with E-state index in [9.17, 15) is 9.90 Å². The maximum absolute atomic E-state index is 11.8. The number of carbonyl (C=O) groups is 1. The fraction of sp³-hybridized carbons (Fsp3) is 0.731. The van der Waals surface area contributed by atoms with Gasteiger partial charge in [-0.25, -0.2) is 0 Å². The summed E-state index contributed by atoms with van der Waals surface area (Å²) in [6.07, 6.45) is 9.47. The van der Waals surface area contributed by atoms with Crippen LogP contribution in [0.25, 0.3) is 0 Å². The normalized spacial score (nSPS) is 15.7. The van der Waals surface area contributed by atoms with Crippen molar-refractivity contribution in [3.63, 3.8) is 0 Å². The molecule has 0 bridgehead atoms. The Morgan fingerprint density at radius 3 is 2.25 bits per heavy atom. The molecule has 2 aliphatic heterocycles. The van der Waals surface area contributed by atoms with Crippen LogP contribution in [0.1, 0.15) is 90.2 Å². The molecule has 0 saturated carbocycles. The van der Waals surface area contributed by atoms with Gasteiger partial charge in [0.05, 0.1) is 6.10 Å². The van der Waals surface area contributed by atoms with Crippen LogP contribution in [-0.4, -0.2) is 55.8 Å². The van der Waals surface area contributed by atoms with Crippen molar-refractivity contribution >= 4 is 5.91 Å². The standard InChI is InChI=1S/C18H27NO4.C5H11N.C3H8/c1-2-3-4-5-6-7-18(21)19-13-15(20)14-8-9-16-17(12-14)23-11-10-22-16;1-6-4-2-3-5-6;1-3-2/h8-9,12,15,20H,2-7,10-11,13H2,1H3,(H,19,21);2-5H2,1H3;3H2,1-2H3. The topological polar surface area (TPSA) is 71.0 Å². The SMILES string of the molecule is CCC.CCCCCCCC(=O)NCC(O)c1ccc2c(c1)OCCO2.CN1CCCC1. The van der Waals surface area contributed by atoms with Gasteiger partial charge in [-0.1, -0.05) is 58.9 Å². The summed E-state index contributed by atoms with van der Waals surface area (Å²) in [7, 11) is 2.17. The van der Waals surface area contributed by atoms with E-state index in [4.69, 9.17) is 9.47 Å². The van der Waals surface area contributed by atoms with Crippen LogP contribution < -0.4 is 14.8 Å². The van der Waals surface area contributed by atoms with Crippen LogP contribution in [0, 0.1) is 0 Å². The van der Waals surface area contributed by atoms with Crippen LogP contribution in [-0.2, 0) is 4.79 Å². The van der Waals surface area contributed by atoms with Gasteiger partial charge < -0.3 is 24.8 Å². The summed E-state index contributed by atoms with van der Waals surface area (Å²) >= 11 is 0. The number of hydrogen-bond donors (Lipinski definition) is 2. The zero-order chi connectivity index (χ0) is 23.6. The molecule has 1 atom stereocenters. The van der Waals surface area contributed by atoms with Crippen molar-refractivity contribution in [2.45, 2.75) is 84.7 Å². The number of likely N-dealkylation sites (tertiary alicyclic amines) is 1. The number of amides is 1. The van der Waals surface area contributed by atoms with Crippen molar-refractivity contribution in [2.75, 3.05) is 39.9 Å². The maximum Gasteiger partial charge on any atom is 0.220 e. The molecule has 6 nitrogen and oxygen atoms in total. The number of fused-ring (bicyclic) bond motifs is 1. The van der Waals surface area contributed by atoms with Crippen LogP contribution >= 0.6 is 0 Å². The second kappa shape index (κ2) is 17.7. The monoisotopic (exact) mass is 450 g/mol. The molecular weight excluding hydrogens is 404 g/mol. The lowest BCUT2D eigenvalue weighted by Crippen LogP contribution is -2.28. The number of aliphatic hydroxyl groups excluding tert-OH is 1. The molecule has 3 rings (SSSR count). The Balaban J connectivity index is 0.000000475. The van der Waals surface area contributed by atoms with E-state index in [0.29, 0.717) is 31.1 Å². The van der Waals surface area contributed by atoms with Gasteiger partial charge in [-0.15, -0.1) is 0 Å². The van der Waals surface area contributed by atoms with Crippen molar-refractivity contribution in [2.24, 2.45) is 0 Å². The van der Waals surface area contributed by atoms with E-state index >= 15 is 0 Å². The van der Waals surface area contributed by atoms with Crippen molar-refractivity contribution in [1.29, 1.82) is 0 Å². The predicted octanol–water partition coefficient (Wildman–Crippen LogP) is 5.10. The molecule has 0 aliphatic carbocycles. The van der Waals surface area contributed by atoms with Crippen LogP contribution in [0.2, 0.25) is 0 Å². The zero-order valence-corrected chi connectivity index (χ0v) is 20.8. The lowest BCUT2D eigenvalue weighted by Gasteiger charge is -2.20. The van der Waals surface area contributed by atoms with Gasteiger partial charge in [-0.2, -0.15) is 0 Å². The predicted molar refractivity (Wildman–Crippen MR) is 131 cm³/mol. The molecule has 1 aromatic rings. The van der Waals surface area contributed by atoms with Crippen molar-refractivity contribution in [3.05, 3.63) is 23.8 Å². The second-order valence-electron chi connectivity index (χ2n) is 8.60. The lowest BCUT2D eigenvalue weighted by molar-refractivity contribution is -0.121. The number of nitrogens with zero attached hydrogens (tertiary/aromatic N) is 1. The van der Waals surface area contributed by atoms with E-state index < -0.39 is 6.10 Å². The molecule has 6 heteroatoms. The van der Waals surface area contributed by atoms with Crippen molar-refractivity contribution in [1.82, 2.24) is 10.2 Å². The fourth-order valence-electron chi connectivity index (χ4n) is 3.45. The Morgan fingerprint density at radius 2 is 1.66 bits per heavy atom. The summed E-state index contributed by atoms with van der Waals surface area (Å²) in [4.78, 5) is 14.1. The molecule has 1 saturated heterocycles. The third kappa shape index (κ3) is 12.3. The summed E-state index contributed by atoms with van der Waals surface area (Å²) in [5.74, 6) is 1.34. The molecule has 1 aromatic carbocycles. The number of aliphatic hydroxyl groups is 1. The summed E-state index contributed by atoms with van der Waals surface area (Å²) in [6.45, 7) is 10.3. The summed E-state index contributed by atoms with van der Waals surface area (Å²) in [5, 5.41) is 13.0. The Labute approximate surface area is 195 Å². The van der Waals surface area contributed by atoms with Crippen LogP contribution in [0.3, 0.4) is 0 Å². The highest BCUT2D eigenvalue weighted by Crippen LogP contribution is 2.32. The van der Waals surface area contributed by atoms with Gasteiger partial charge in [-0.3, -0.25) is 4.79 Å². The molecule has 2 N–H and O–H groups in total. The Bertz CT molecular complexity index is 618. The highest BCUT2D eigenvalue weighted by Gasteiger charge is 2.16. The number of carbonyl (C=O) groups excluding carboxylic acids is 1. The molecule has 0 aromatic heterocycles.